The fourth-order valence-electron chi connectivity index (χ4n) is 2.13. The number of benzene rings is 1. The zero-order valence-corrected chi connectivity index (χ0v) is 15.4. The second-order valence-corrected chi connectivity index (χ2v) is 7.51. The van der Waals surface area contributed by atoms with Gasteiger partial charge in [-0.3, -0.25) is 0 Å². The van der Waals surface area contributed by atoms with E-state index in [2.05, 4.69) is 24.7 Å². The molecule has 1 atom stereocenters. The summed E-state index contributed by atoms with van der Waals surface area (Å²) in [5, 5.41) is 11.5. The molecule has 0 radical (unpaired) electrons. The van der Waals surface area contributed by atoms with Gasteiger partial charge in [-0.15, -0.1) is 0 Å². The van der Waals surface area contributed by atoms with E-state index in [1.807, 2.05) is 6.07 Å². The number of hydrogen-bond donors (Lipinski definition) is 2. The Morgan fingerprint density at radius 2 is 1.96 bits per heavy atom. The third-order valence-electron chi connectivity index (χ3n) is 3.54. The lowest BCUT2D eigenvalue weighted by molar-refractivity contribution is -0.0500. The van der Waals surface area contributed by atoms with Gasteiger partial charge in [-0.25, -0.2) is 27.5 Å². The normalized spacial score (nSPS) is 12.4. The van der Waals surface area contributed by atoms with Gasteiger partial charge in [0.2, 0.25) is 16.0 Å². The molecule has 8 nitrogen and oxygen atoms in total. The largest absolute Gasteiger partial charge is 0.435 e. The van der Waals surface area contributed by atoms with Gasteiger partial charge in [0.25, 0.3) is 0 Å². The van der Waals surface area contributed by atoms with Crippen molar-refractivity contribution in [2.75, 3.05) is 17.6 Å². The fourth-order valence-corrected chi connectivity index (χ4v) is 2.76. The molecular formula is C16H16F3N5O3S. The fraction of sp³-hybridized carbons (Fsp3) is 0.312. The maximum absolute atomic E-state index is 14.4. The number of aromatic nitrogens is 2. The van der Waals surface area contributed by atoms with E-state index in [0.29, 0.717) is 0 Å². The minimum atomic E-state index is -3.58. The average Bonchev–Trinajstić information content (AvgIpc) is 2.65. The second kappa shape index (κ2) is 9.34. The molecule has 1 aromatic carbocycles. The van der Waals surface area contributed by atoms with E-state index >= 15 is 0 Å². The maximum Gasteiger partial charge on any atom is 0.387 e. The molecule has 28 heavy (non-hydrogen) atoms. The van der Waals surface area contributed by atoms with Gasteiger partial charge in [0, 0.05) is 18.2 Å². The first-order valence-electron chi connectivity index (χ1n) is 7.94. The van der Waals surface area contributed by atoms with Crippen molar-refractivity contribution in [2.45, 2.75) is 19.6 Å². The average molecular weight is 415 g/mol. The van der Waals surface area contributed by atoms with Crippen molar-refractivity contribution in [1.29, 1.82) is 5.26 Å². The summed E-state index contributed by atoms with van der Waals surface area (Å²) in [4.78, 5) is 7.80. The van der Waals surface area contributed by atoms with Crippen molar-refractivity contribution >= 4 is 16.0 Å². The molecule has 2 N–H and O–H groups in total. The number of sulfonamides is 1. The molecule has 0 spiro atoms. The first-order chi connectivity index (χ1) is 13.2. The Labute approximate surface area is 159 Å². The third-order valence-corrected chi connectivity index (χ3v) is 4.91. The van der Waals surface area contributed by atoms with Crippen LogP contribution in [-0.4, -0.2) is 37.3 Å². The highest BCUT2D eigenvalue weighted by molar-refractivity contribution is 7.89. The first-order valence-corrected chi connectivity index (χ1v) is 9.59. The summed E-state index contributed by atoms with van der Waals surface area (Å²) in [6, 6.07) is 3.97. The van der Waals surface area contributed by atoms with Gasteiger partial charge < -0.3 is 10.1 Å². The van der Waals surface area contributed by atoms with Crippen LogP contribution in [0.3, 0.4) is 0 Å². The van der Waals surface area contributed by atoms with Crippen LogP contribution in [0.2, 0.25) is 0 Å². The Hall–Kier alpha value is -2.91. The Kier molecular flexibility index (Phi) is 7.13. The molecule has 1 unspecified atom stereocenters. The lowest BCUT2D eigenvalue weighted by Crippen LogP contribution is -2.33. The standard InChI is InChI=1S/C16H16F3N5O3S/c1-2-28(25,26)23-9-14(24-16-21-7-10(6-20)8-22-16)12-4-3-11(5-13(12)17)27-15(18)19/h3-5,7-8,14-15,23H,2,9H2,1H3,(H,21,22,24). The van der Waals surface area contributed by atoms with E-state index in [9.17, 15) is 21.6 Å². The molecule has 2 aromatic rings. The quantitative estimate of drug-likeness (QED) is 0.645. The van der Waals surface area contributed by atoms with Gasteiger partial charge in [-0.1, -0.05) is 6.07 Å². The van der Waals surface area contributed by atoms with Crippen LogP contribution < -0.4 is 14.8 Å². The van der Waals surface area contributed by atoms with E-state index < -0.39 is 28.5 Å². The van der Waals surface area contributed by atoms with Crippen molar-refractivity contribution in [1.82, 2.24) is 14.7 Å². The van der Waals surface area contributed by atoms with Crippen LogP contribution in [-0.2, 0) is 10.0 Å². The van der Waals surface area contributed by atoms with Crippen LogP contribution in [0, 0.1) is 17.1 Å². The summed E-state index contributed by atoms with van der Waals surface area (Å²) in [5.74, 6) is -1.43. The lowest BCUT2D eigenvalue weighted by Gasteiger charge is -2.20. The first kappa shape index (κ1) is 21.4. The number of rotatable bonds is 9. The number of hydrogen-bond acceptors (Lipinski definition) is 7. The van der Waals surface area contributed by atoms with Gasteiger partial charge >= 0.3 is 6.61 Å². The zero-order valence-electron chi connectivity index (χ0n) is 14.6. The highest BCUT2D eigenvalue weighted by atomic mass is 32.2. The van der Waals surface area contributed by atoms with E-state index in [-0.39, 0.29) is 35.1 Å². The third kappa shape index (κ3) is 6.07. The van der Waals surface area contributed by atoms with Crippen LogP contribution in [0.25, 0.3) is 0 Å². The van der Waals surface area contributed by atoms with Crippen molar-refractivity contribution in [3.05, 3.63) is 47.5 Å². The number of ether oxygens (including phenoxy) is 1. The monoisotopic (exact) mass is 415 g/mol. The van der Waals surface area contributed by atoms with Gasteiger partial charge in [0.15, 0.2) is 0 Å². The predicted octanol–water partition coefficient (Wildman–Crippen LogP) is 2.18. The molecule has 1 aromatic heterocycles. The summed E-state index contributed by atoms with van der Waals surface area (Å²) in [5.41, 5.74) is 0.182. The minimum Gasteiger partial charge on any atom is -0.435 e. The molecule has 12 heteroatoms. The summed E-state index contributed by atoms with van der Waals surface area (Å²) < 4.78 is 68.9. The minimum absolute atomic E-state index is 0.0200. The smallest absolute Gasteiger partial charge is 0.387 e. The summed E-state index contributed by atoms with van der Waals surface area (Å²) in [6.07, 6.45) is 2.47. The van der Waals surface area contributed by atoms with Crippen molar-refractivity contribution < 1.29 is 26.3 Å². The lowest BCUT2D eigenvalue weighted by atomic mass is 10.1. The number of anilines is 1. The van der Waals surface area contributed by atoms with Crippen LogP contribution in [0.5, 0.6) is 5.75 Å². The van der Waals surface area contributed by atoms with Crippen molar-refractivity contribution in [3.8, 4) is 11.8 Å². The molecule has 1 heterocycles. The number of nitriles is 1. The molecule has 0 saturated carbocycles. The number of halogens is 3. The Morgan fingerprint density at radius 3 is 2.50 bits per heavy atom. The van der Waals surface area contributed by atoms with Crippen LogP contribution in [0.1, 0.15) is 24.1 Å². The number of nitrogens with one attached hydrogen (secondary N) is 2. The second-order valence-electron chi connectivity index (χ2n) is 5.42. The molecule has 0 saturated heterocycles. The van der Waals surface area contributed by atoms with Crippen LogP contribution in [0.15, 0.2) is 30.6 Å². The topological polar surface area (TPSA) is 117 Å². The predicted molar refractivity (Wildman–Crippen MR) is 93.6 cm³/mol. The molecule has 2 rings (SSSR count). The molecule has 0 aliphatic rings. The van der Waals surface area contributed by atoms with E-state index in [1.165, 1.54) is 25.4 Å². The Balaban J connectivity index is 2.30. The SMILES string of the molecule is CCS(=O)(=O)NCC(Nc1ncc(C#N)cn1)c1ccc(OC(F)F)cc1F. The van der Waals surface area contributed by atoms with E-state index in [1.54, 1.807) is 0 Å². The molecule has 0 bridgehead atoms. The Bertz CT molecular complexity index is 949. The molecule has 0 amide bonds. The maximum atomic E-state index is 14.4. The highest BCUT2D eigenvalue weighted by Gasteiger charge is 2.20. The summed E-state index contributed by atoms with van der Waals surface area (Å²) in [6.45, 7) is -1.93. The molecule has 150 valence electrons. The van der Waals surface area contributed by atoms with E-state index in [4.69, 9.17) is 5.26 Å². The highest BCUT2D eigenvalue weighted by Crippen LogP contribution is 2.25. The summed E-state index contributed by atoms with van der Waals surface area (Å²) in [7, 11) is -3.58. The van der Waals surface area contributed by atoms with Gasteiger partial charge in [0.1, 0.15) is 17.6 Å². The van der Waals surface area contributed by atoms with Gasteiger partial charge in [-0.2, -0.15) is 14.0 Å². The summed E-state index contributed by atoms with van der Waals surface area (Å²) >= 11 is 0. The molecule has 0 fully saturated rings. The Morgan fingerprint density at radius 1 is 1.29 bits per heavy atom. The van der Waals surface area contributed by atoms with Crippen molar-refractivity contribution in [3.63, 3.8) is 0 Å². The van der Waals surface area contributed by atoms with Crippen LogP contribution >= 0.6 is 0 Å². The zero-order chi connectivity index (χ0) is 20.7. The molecular weight excluding hydrogens is 399 g/mol. The van der Waals surface area contributed by atoms with E-state index in [0.717, 1.165) is 12.1 Å². The molecule has 0 aliphatic carbocycles. The van der Waals surface area contributed by atoms with Crippen LogP contribution in [0.4, 0.5) is 19.1 Å². The van der Waals surface area contributed by atoms with Gasteiger partial charge in [0.05, 0.1) is 29.8 Å². The number of alkyl halides is 2. The van der Waals surface area contributed by atoms with Crippen molar-refractivity contribution in [2.24, 2.45) is 0 Å². The van der Waals surface area contributed by atoms with Gasteiger partial charge in [-0.05, 0) is 13.0 Å². The molecule has 0 aliphatic heterocycles. The number of nitrogens with zero attached hydrogens (tertiary/aromatic N) is 3.